The summed E-state index contributed by atoms with van der Waals surface area (Å²) in [7, 11) is 0. The van der Waals surface area contributed by atoms with Gasteiger partial charge in [0.15, 0.2) is 0 Å². The summed E-state index contributed by atoms with van der Waals surface area (Å²) < 4.78 is 0. The van der Waals surface area contributed by atoms with E-state index in [1.807, 2.05) is 0 Å². The lowest BCUT2D eigenvalue weighted by atomic mass is 10.2. The maximum atomic E-state index is 12.1. The van der Waals surface area contributed by atoms with Gasteiger partial charge in [-0.15, -0.1) is 0 Å². The molecule has 8 heteroatoms. The number of carbonyl (C=O) groups excluding carboxylic acids is 1. The Labute approximate surface area is 138 Å². The normalized spacial score (nSPS) is 11.0. The number of nitrogens with one attached hydrogen (secondary N) is 1. The van der Waals surface area contributed by atoms with E-state index in [9.17, 15) is 4.79 Å². The average molecular weight is 344 g/mol. The first kappa shape index (κ1) is 18.3. The molecule has 3 N–H and O–H groups in total. The van der Waals surface area contributed by atoms with Crippen molar-refractivity contribution in [3.63, 3.8) is 0 Å². The van der Waals surface area contributed by atoms with E-state index in [4.69, 9.17) is 38.7 Å². The zero-order chi connectivity index (χ0) is 16.5. The molecule has 0 aliphatic heterocycles. The van der Waals surface area contributed by atoms with Crippen LogP contribution in [0.4, 0.5) is 5.69 Å². The van der Waals surface area contributed by atoms with Crippen LogP contribution >= 0.6 is 23.2 Å². The number of rotatable bonds is 7. The molecule has 0 unspecified atom stereocenters. The van der Waals surface area contributed by atoms with Gasteiger partial charge in [0, 0.05) is 24.3 Å². The highest BCUT2D eigenvalue weighted by Crippen LogP contribution is 2.25. The van der Waals surface area contributed by atoms with Gasteiger partial charge in [0.1, 0.15) is 11.6 Å². The van der Waals surface area contributed by atoms with Crippen molar-refractivity contribution in [3.05, 3.63) is 40.0 Å². The third-order valence-electron chi connectivity index (χ3n) is 2.63. The first-order valence-electron chi connectivity index (χ1n) is 6.36. The van der Waals surface area contributed by atoms with Crippen molar-refractivity contribution in [2.75, 3.05) is 31.6 Å². The van der Waals surface area contributed by atoms with E-state index in [0.29, 0.717) is 5.02 Å². The lowest BCUT2D eigenvalue weighted by molar-refractivity contribution is -0.112. The number of nitriles is 1. The molecule has 0 saturated carbocycles. The van der Waals surface area contributed by atoms with E-state index in [-0.39, 0.29) is 42.6 Å². The van der Waals surface area contributed by atoms with Crippen molar-refractivity contribution in [1.82, 2.24) is 4.90 Å². The minimum absolute atomic E-state index is 0.170. The maximum Gasteiger partial charge on any atom is 0.267 e. The van der Waals surface area contributed by atoms with Crippen LogP contribution < -0.4 is 5.32 Å². The highest BCUT2D eigenvalue weighted by atomic mass is 35.5. The second-order valence-corrected chi connectivity index (χ2v) is 5.06. The fourth-order valence-corrected chi connectivity index (χ4v) is 1.94. The Morgan fingerprint density at radius 2 is 1.95 bits per heavy atom. The van der Waals surface area contributed by atoms with Gasteiger partial charge in [-0.2, -0.15) is 5.26 Å². The van der Waals surface area contributed by atoms with Crippen molar-refractivity contribution in [3.8, 4) is 6.07 Å². The van der Waals surface area contributed by atoms with Gasteiger partial charge in [-0.05, 0) is 18.2 Å². The van der Waals surface area contributed by atoms with Crippen molar-refractivity contribution in [2.24, 2.45) is 0 Å². The number of aliphatic hydroxyl groups is 2. The van der Waals surface area contributed by atoms with Crippen LogP contribution in [0.25, 0.3) is 0 Å². The molecule has 1 amide bonds. The standard InChI is InChI=1S/C14H15Cl2N3O3/c15-11-1-2-12(16)13(7-11)18-14(22)10(8-17)9-19(3-5-20)4-6-21/h1-2,7,9,20-21H,3-6H2,(H,18,22)/b10-9-. The van der Waals surface area contributed by atoms with E-state index in [1.165, 1.54) is 23.2 Å². The summed E-state index contributed by atoms with van der Waals surface area (Å²) in [5.74, 6) is -0.660. The predicted molar refractivity (Wildman–Crippen MR) is 84.5 cm³/mol. The molecule has 22 heavy (non-hydrogen) atoms. The maximum absolute atomic E-state index is 12.1. The first-order chi connectivity index (χ1) is 10.5. The molecule has 0 atom stereocenters. The predicted octanol–water partition coefficient (Wildman–Crippen LogP) is 1.63. The molecule has 0 aliphatic rings. The summed E-state index contributed by atoms with van der Waals surface area (Å²) in [6, 6.07) is 6.34. The van der Waals surface area contributed by atoms with Gasteiger partial charge in [-0.25, -0.2) is 0 Å². The minimum Gasteiger partial charge on any atom is -0.395 e. The molecular formula is C14H15Cl2N3O3. The van der Waals surface area contributed by atoms with Crippen molar-refractivity contribution >= 4 is 34.8 Å². The Kier molecular flexibility index (Phi) is 7.71. The molecule has 0 spiro atoms. The lowest BCUT2D eigenvalue weighted by Gasteiger charge is -2.18. The molecule has 118 valence electrons. The molecule has 0 saturated heterocycles. The van der Waals surface area contributed by atoms with Crippen molar-refractivity contribution in [2.45, 2.75) is 0 Å². The second-order valence-electron chi connectivity index (χ2n) is 4.22. The number of hydrogen-bond donors (Lipinski definition) is 3. The van der Waals surface area contributed by atoms with Gasteiger partial charge in [0.05, 0.1) is 23.9 Å². The monoisotopic (exact) mass is 343 g/mol. The van der Waals surface area contributed by atoms with E-state index in [1.54, 1.807) is 12.1 Å². The zero-order valence-electron chi connectivity index (χ0n) is 11.6. The Bertz CT molecular complexity index is 593. The van der Waals surface area contributed by atoms with Crippen molar-refractivity contribution < 1.29 is 15.0 Å². The smallest absolute Gasteiger partial charge is 0.267 e. The quantitative estimate of drug-likeness (QED) is 0.516. The number of aliphatic hydroxyl groups excluding tert-OH is 2. The van der Waals surface area contributed by atoms with Crippen molar-refractivity contribution in [1.29, 1.82) is 5.26 Å². The highest BCUT2D eigenvalue weighted by Gasteiger charge is 2.13. The third-order valence-corrected chi connectivity index (χ3v) is 3.19. The molecular weight excluding hydrogens is 329 g/mol. The van der Waals surface area contributed by atoms with Crippen LogP contribution in [-0.2, 0) is 4.79 Å². The molecule has 0 aliphatic carbocycles. The van der Waals surface area contributed by atoms with Crippen LogP contribution in [0.2, 0.25) is 10.0 Å². The molecule has 0 heterocycles. The molecule has 0 bridgehead atoms. The number of benzene rings is 1. The summed E-state index contributed by atoms with van der Waals surface area (Å²) in [5, 5.41) is 30.1. The fraction of sp³-hybridized carbons (Fsp3) is 0.286. The number of anilines is 1. The molecule has 0 aromatic heterocycles. The molecule has 1 aromatic carbocycles. The number of hydrogen-bond acceptors (Lipinski definition) is 5. The fourth-order valence-electron chi connectivity index (χ4n) is 1.60. The van der Waals surface area contributed by atoms with Gasteiger partial charge in [-0.1, -0.05) is 23.2 Å². The van der Waals surface area contributed by atoms with Crippen LogP contribution in [0.3, 0.4) is 0 Å². The van der Waals surface area contributed by atoms with Gasteiger partial charge >= 0.3 is 0 Å². The summed E-state index contributed by atoms with van der Waals surface area (Å²) in [4.78, 5) is 13.6. The summed E-state index contributed by atoms with van der Waals surface area (Å²) in [6.07, 6.45) is 1.28. The number of nitrogens with zero attached hydrogens (tertiary/aromatic N) is 2. The number of amides is 1. The van der Waals surface area contributed by atoms with E-state index >= 15 is 0 Å². The largest absolute Gasteiger partial charge is 0.395 e. The Hall–Kier alpha value is -1.78. The molecule has 1 aromatic rings. The Morgan fingerprint density at radius 1 is 1.32 bits per heavy atom. The number of carbonyl (C=O) groups is 1. The topological polar surface area (TPSA) is 96.6 Å². The molecule has 0 fully saturated rings. The minimum atomic E-state index is -0.660. The molecule has 1 rings (SSSR count). The van der Waals surface area contributed by atoms with Crippen LogP contribution in [0.1, 0.15) is 0 Å². The van der Waals surface area contributed by atoms with Gasteiger partial charge in [0.2, 0.25) is 0 Å². The zero-order valence-corrected chi connectivity index (χ0v) is 13.1. The molecule has 0 radical (unpaired) electrons. The van der Waals surface area contributed by atoms with Crippen LogP contribution in [0.15, 0.2) is 30.0 Å². The summed E-state index contributed by atoms with van der Waals surface area (Å²) in [6.45, 7) is 0.0434. The van der Waals surface area contributed by atoms with E-state index in [2.05, 4.69) is 5.32 Å². The van der Waals surface area contributed by atoms with Gasteiger partial charge in [0.25, 0.3) is 5.91 Å². The van der Waals surface area contributed by atoms with Crippen LogP contribution in [0, 0.1) is 11.3 Å². The summed E-state index contributed by atoms with van der Waals surface area (Å²) >= 11 is 11.8. The summed E-state index contributed by atoms with van der Waals surface area (Å²) in [5.41, 5.74) is 0.106. The first-order valence-corrected chi connectivity index (χ1v) is 7.11. The Balaban J connectivity index is 2.92. The van der Waals surface area contributed by atoms with Crippen LogP contribution in [0.5, 0.6) is 0 Å². The van der Waals surface area contributed by atoms with E-state index in [0.717, 1.165) is 0 Å². The van der Waals surface area contributed by atoms with Gasteiger partial charge in [-0.3, -0.25) is 4.79 Å². The lowest BCUT2D eigenvalue weighted by Crippen LogP contribution is -2.26. The average Bonchev–Trinajstić information content (AvgIpc) is 2.48. The SMILES string of the molecule is N#C/C(=C/N(CCO)CCO)C(=O)Nc1cc(Cl)ccc1Cl. The number of halogens is 2. The Morgan fingerprint density at radius 3 is 2.50 bits per heavy atom. The second kappa shape index (κ2) is 9.28. The van der Waals surface area contributed by atoms with Gasteiger partial charge < -0.3 is 20.4 Å². The molecule has 6 nitrogen and oxygen atoms in total. The third kappa shape index (κ3) is 5.54. The highest BCUT2D eigenvalue weighted by molar-refractivity contribution is 6.35. The van der Waals surface area contributed by atoms with E-state index < -0.39 is 5.91 Å². The van der Waals surface area contributed by atoms with Crippen LogP contribution in [-0.4, -0.2) is 47.3 Å².